The molecule has 3 rings (SSSR count). The van der Waals surface area contributed by atoms with Gasteiger partial charge in [0.15, 0.2) is 6.61 Å². The van der Waals surface area contributed by atoms with E-state index in [9.17, 15) is 9.59 Å². The van der Waals surface area contributed by atoms with Gasteiger partial charge >= 0.3 is 0 Å². The molecule has 0 radical (unpaired) electrons. The van der Waals surface area contributed by atoms with Gasteiger partial charge in [-0.3, -0.25) is 9.59 Å². The molecule has 0 aliphatic carbocycles. The number of hydrogen-bond donors (Lipinski definition) is 1. The summed E-state index contributed by atoms with van der Waals surface area (Å²) in [5, 5.41) is 3.53. The second-order valence-electron chi connectivity index (χ2n) is 8.96. The van der Waals surface area contributed by atoms with Crippen LogP contribution in [0.5, 0.6) is 11.5 Å². The van der Waals surface area contributed by atoms with E-state index in [1.165, 1.54) is 0 Å². The summed E-state index contributed by atoms with van der Waals surface area (Å²) in [6.45, 7) is 4.58. The molecule has 0 aliphatic rings. The average molecular weight is 509 g/mol. The van der Waals surface area contributed by atoms with Gasteiger partial charge in [0.2, 0.25) is 5.91 Å². The van der Waals surface area contributed by atoms with Gasteiger partial charge in [-0.2, -0.15) is 0 Å². The number of carbonyl (C=O) groups excluding carboxylic acids is 2. The Kier molecular flexibility index (Phi) is 10.2. The molecule has 0 fully saturated rings. The van der Waals surface area contributed by atoms with Crippen LogP contribution >= 0.6 is 11.6 Å². The molecule has 0 saturated carbocycles. The first-order chi connectivity index (χ1) is 17.4. The van der Waals surface area contributed by atoms with Crippen LogP contribution in [-0.2, 0) is 22.6 Å². The fourth-order valence-electron chi connectivity index (χ4n) is 3.73. The van der Waals surface area contributed by atoms with E-state index >= 15 is 0 Å². The molecule has 0 bridgehead atoms. The lowest BCUT2D eigenvalue weighted by molar-refractivity contribution is -0.142. The van der Waals surface area contributed by atoms with E-state index in [1.54, 1.807) is 36.3 Å². The maximum atomic E-state index is 13.6. The molecule has 3 aromatic rings. The van der Waals surface area contributed by atoms with Crippen molar-refractivity contribution >= 4 is 23.4 Å². The minimum absolute atomic E-state index is 0.202. The van der Waals surface area contributed by atoms with Crippen molar-refractivity contribution in [2.24, 2.45) is 5.92 Å². The summed E-state index contributed by atoms with van der Waals surface area (Å²) in [5.74, 6) is 0.935. The van der Waals surface area contributed by atoms with Gasteiger partial charge < -0.3 is 19.7 Å². The van der Waals surface area contributed by atoms with Gasteiger partial charge in [-0.05, 0) is 47.4 Å². The SMILES string of the molecule is COc1cccc(CN(C(=O)COc2cccc(Cl)c2)[C@H](Cc2ccccc2)C(=O)NCC(C)C)c1. The molecule has 7 heteroatoms. The number of nitrogens with one attached hydrogen (secondary N) is 1. The molecule has 2 amide bonds. The minimum atomic E-state index is -0.729. The molecule has 190 valence electrons. The first-order valence-corrected chi connectivity index (χ1v) is 12.4. The highest BCUT2D eigenvalue weighted by Crippen LogP contribution is 2.20. The normalized spacial score (nSPS) is 11.6. The molecule has 1 atom stereocenters. The van der Waals surface area contributed by atoms with Gasteiger partial charge in [-0.25, -0.2) is 0 Å². The summed E-state index contributed by atoms with van der Waals surface area (Å²) < 4.78 is 11.1. The van der Waals surface area contributed by atoms with Crippen LogP contribution in [0.2, 0.25) is 5.02 Å². The van der Waals surface area contributed by atoms with Crippen molar-refractivity contribution in [2.75, 3.05) is 20.3 Å². The Morgan fingerprint density at radius 2 is 1.61 bits per heavy atom. The van der Waals surface area contributed by atoms with E-state index < -0.39 is 6.04 Å². The van der Waals surface area contributed by atoms with Crippen LogP contribution < -0.4 is 14.8 Å². The zero-order valence-electron chi connectivity index (χ0n) is 20.9. The second kappa shape index (κ2) is 13.5. The summed E-state index contributed by atoms with van der Waals surface area (Å²) in [7, 11) is 1.60. The van der Waals surface area contributed by atoms with E-state index in [4.69, 9.17) is 21.1 Å². The Bertz CT molecular complexity index is 1140. The fourth-order valence-corrected chi connectivity index (χ4v) is 3.91. The molecule has 0 saturated heterocycles. The maximum absolute atomic E-state index is 13.6. The summed E-state index contributed by atoms with van der Waals surface area (Å²) in [6, 6.07) is 23.3. The highest BCUT2D eigenvalue weighted by atomic mass is 35.5. The van der Waals surface area contributed by atoms with Crippen LogP contribution in [0.25, 0.3) is 0 Å². The number of benzene rings is 3. The molecular formula is C29H33ClN2O4. The third-order valence-electron chi connectivity index (χ3n) is 5.60. The van der Waals surface area contributed by atoms with Crippen LogP contribution in [0.3, 0.4) is 0 Å². The van der Waals surface area contributed by atoms with Gasteiger partial charge in [0.25, 0.3) is 5.91 Å². The smallest absolute Gasteiger partial charge is 0.261 e. The number of amides is 2. The van der Waals surface area contributed by atoms with E-state index in [-0.39, 0.29) is 30.9 Å². The van der Waals surface area contributed by atoms with Gasteiger partial charge in [0.1, 0.15) is 17.5 Å². The molecule has 6 nitrogen and oxygen atoms in total. The molecule has 0 aromatic heterocycles. The van der Waals surface area contributed by atoms with Gasteiger partial charge in [0, 0.05) is 24.5 Å². The molecular weight excluding hydrogens is 476 g/mol. The van der Waals surface area contributed by atoms with Crippen LogP contribution in [0.4, 0.5) is 0 Å². The van der Waals surface area contributed by atoms with Crippen molar-refractivity contribution in [3.63, 3.8) is 0 Å². The lowest BCUT2D eigenvalue weighted by Gasteiger charge is -2.31. The lowest BCUT2D eigenvalue weighted by Crippen LogP contribution is -2.52. The molecule has 36 heavy (non-hydrogen) atoms. The highest BCUT2D eigenvalue weighted by Gasteiger charge is 2.30. The van der Waals surface area contributed by atoms with Crippen molar-refractivity contribution in [1.82, 2.24) is 10.2 Å². The van der Waals surface area contributed by atoms with Crippen molar-refractivity contribution in [2.45, 2.75) is 32.9 Å². The molecule has 3 aromatic carbocycles. The van der Waals surface area contributed by atoms with E-state index in [2.05, 4.69) is 5.32 Å². The predicted octanol–water partition coefficient (Wildman–Crippen LogP) is 5.14. The first-order valence-electron chi connectivity index (χ1n) is 12.0. The van der Waals surface area contributed by atoms with Crippen molar-refractivity contribution in [1.29, 1.82) is 0 Å². The standard InChI is InChI=1S/C29H33ClN2O4/c1-21(2)18-31-29(34)27(16-22-9-5-4-6-10-22)32(19-23-11-7-13-25(15-23)35-3)28(33)20-36-26-14-8-12-24(30)17-26/h4-15,17,21,27H,16,18-20H2,1-3H3,(H,31,34)/t27-/m1/s1. The lowest BCUT2D eigenvalue weighted by atomic mass is 10.0. The maximum Gasteiger partial charge on any atom is 0.261 e. The van der Waals surface area contributed by atoms with Crippen molar-refractivity contribution in [3.05, 3.63) is 95.0 Å². The van der Waals surface area contributed by atoms with Crippen LogP contribution in [-0.4, -0.2) is 43.0 Å². The Hall–Kier alpha value is -3.51. The van der Waals surface area contributed by atoms with Crippen LogP contribution in [0.1, 0.15) is 25.0 Å². The zero-order chi connectivity index (χ0) is 25.9. The van der Waals surface area contributed by atoms with E-state index in [0.29, 0.717) is 29.5 Å². The molecule has 1 N–H and O–H groups in total. The average Bonchev–Trinajstić information content (AvgIpc) is 2.88. The quantitative estimate of drug-likeness (QED) is 0.368. The number of halogens is 1. The van der Waals surface area contributed by atoms with Gasteiger partial charge in [-0.15, -0.1) is 0 Å². The third-order valence-corrected chi connectivity index (χ3v) is 5.84. The third kappa shape index (κ3) is 8.31. The van der Waals surface area contributed by atoms with Crippen LogP contribution in [0, 0.1) is 5.92 Å². The molecule has 0 spiro atoms. The Morgan fingerprint density at radius 3 is 2.31 bits per heavy atom. The van der Waals surface area contributed by atoms with E-state index in [1.807, 2.05) is 68.4 Å². The number of ether oxygens (including phenoxy) is 2. The van der Waals surface area contributed by atoms with Crippen molar-refractivity contribution in [3.8, 4) is 11.5 Å². The Balaban J connectivity index is 1.91. The van der Waals surface area contributed by atoms with Crippen molar-refractivity contribution < 1.29 is 19.1 Å². The molecule has 0 heterocycles. The van der Waals surface area contributed by atoms with Crippen LogP contribution in [0.15, 0.2) is 78.9 Å². The Labute approximate surface area is 218 Å². The summed E-state index contributed by atoms with van der Waals surface area (Å²) in [4.78, 5) is 28.6. The molecule has 0 aliphatic heterocycles. The zero-order valence-corrected chi connectivity index (χ0v) is 21.7. The first kappa shape index (κ1) is 27.1. The fraction of sp³-hybridized carbons (Fsp3) is 0.310. The highest BCUT2D eigenvalue weighted by molar-refractivity contribution is 6.30. The largest absolute Gasteiger partial charge is 0.497 e. The monoisotopic (exact) mass is 508 g/mol. The summed E-state index contributed by atoms with van der Waals surface area (Å²) >= 11 is 6.06. The summed E-state index contributed by atoms with van der Waals surface area (Å²) in [5.41, 5.74) is 1.81. The minimum Gasteiger partial charge on any atom is -0.497 e. The number of hydrogen-bond acceptors (Lipinski definition) is 4. The number of carbonyl (C=O) groups is 2. The van der Waals surface area contributed by atoms with E-state index in [0.717, 1.165) is 11.1 Å². The number of nitrogens with zero attached hydrogens (tertiary/aromatic N) is 1. The predicted molar refractivity (Wildman–Crippen MR) is 142 cm³/mol. The summed E-state index contributed by atoms with van der Waals surface area (Å²) in [6.07, 6.45) is 0.373. The Morgan fingerprint density at radius 1 is 0.917 bits per heavy atom. The number of methoxy groups -OCH3 is 1. The topological polar surface area (TPSA) is 67.9 Å². The van der Waals surface area contributed by atoms with Gasteiger partial charge in [0.05, 0.1) is 7.11 Å². The molecule has 0 unspecified atom stereocenters. The second-order valence-corrected chi connectivity index (χ2v) is 9.40. The van der Waals surface area contributed by atoms with Gasteiger partial charge in [-0.1, -0.05) is 74.0 Å². The number of rotatable bonds is 12.